The third-order valence-corrected chi connectivity index (χ3v) is 8.97. The average Bonchev–Trinajstić information content (AvgIpc) is 3.61. The fraction of sp³-hybridized carbons (Fsp3) is 0.308. The number of nitrogens with one attached hydrogen (secondary N) is 2. The maximum atomic E-state index is 13.4. The molecule has 1 aliphatic heterocycles. The number of benzene rings is 1. The highest BCUT2D eigenvalue weighted by Crippen LogP contribution is 2.45. The second-order valence-corrected chi connectivity index (χ2v) is 11.4. The molecule has 2 aliphatic rings. The lowest BCUT2D eigenvalue weighted by atomic mass is 10.0. The summed E-state index contributed by atoms with van der Waals surface area (Å²) in [5, 5.41) is 16.0. The third-order valence-electron chi connectivity index (χ3n) is 6.78. The van der Waals surface area contributed by atoms with Gasteiger partial charge in [-0.05, 0) is 49.1 Å². The minimum atomic E-state index is -3.74. The zero-order valence-electron chi connectivity index (χ0n) is 20.1. The van der Waals surface area contributed by atoms with Crippen molar-refractivity contribution in [2.24, 2.45) is 7.05 Å². The first-order chi connectivity index (χ1) is 17.7. The SMILES string of the molecule is Cn1nc(C(=O)NCc2ccc(C#N)cc2)c2c1C(=O)N(CC1(S(=O)(=O)Nc3cc#ccc3)CC1)CC2. The predicted octanol–water partition coefficient (Wildman–Crippen LogP) is 1.79. The molecule has 1 saturated carbocycles. The molecule has 1 fully saturated rings. The molecular formula is C26H24N6O4S. The Labute approximate surface area is 214 Å². The summed E-state index contributed by atoms with van der Waals surface area (Å²) < 4.78 is 29.2. The van der Waals surface area contributed by atoms with Gasteiger partial charge < -0.3 is 10.2 Å². The van der Waals surface area contributed by atoms with Crippen LogP contribution in [0.3, 0.4) is 0 Å². The van der Waals surface area contributed by atoms with Gasteiger partial charge in [0.05, 0.1) is 17.3 Å². The van der Waals surface area contributed by atoms with Gasteiger partial charge in [0.2, 0.25) is 10.0 Å². The molecule has 2 aromatic carbocycles. The van der Waals surface area contributed by atoms with Gasteiger partial charge in [-0.15, -0.1) is 0 Å². The zero-order chi connectivity index (χ0) is 26.2. The molecule has 0 bridgehead atoms. The van der Waals surface area contributed by atoms with Gasteiger partial charge >= 0.3 is 0 Å². The number of rotatable bonds is 8. The lowest BCUT2D eigenvalue weighted by Gasteiger charge is -2.31. The van der Waals surface area contributed by atoms with E-state index < -0.39 is 20.7 Å². The van der Waals surface area contributed by atoms with Crippen LogP contribution in [0.4, 0.5) is 5.69 Å². The van der Waals surface area contributed by atoms with E-state index in [9.17, 15) is 18.0 Å². The standard InChI is InChI=1S/C26H24N6O4S/c1-31-23-21(22(29-31)24(33)28-16-19-9-7-18(15-27)8-10-19)11-14-32(25(23)34)17-26(12-13-26)37(35,36)30-20-5-3-2-4-6-20/h3,5-10,30H,11-14,16-17H2,1H3,(H,28,33). The molecule has 0 spiro atoms. The average molecular weight is 517 g/mol. The van der Waals surface area contributed by atoms with Crippen LogP contribution in [0.5, 0.6) is 0 Å². The summed E-state index contributed by atoms with van der Waals surface area (Å²) >= 11 is 0. The fourth-order valence-corrected chi connectivity index (χ4v) is 6.16. The number of carbonyl (C=O) groups is 2. The van der Waals surface area contributed by atoms with E-state index in [1.807, 2.05) is 0 Å². The molecule has 10 nitrogen and oxygen atoms in total. The van der Waals surface area contributed by atoms with Crippen molar-refractivity contribution in [1.82, 2.24) is 20.0 Å². The van der Waals surface area contributed by atoms with Crippen molar-refractivity contribution in [3.05, 3.63) is 82.7 Å². The Balaban J connectivity index is 1.29. The van der Waals surface area contributed by atoms with Crippen LogP contribution in [0.2, 0.25) is 0 Å². The van der Waals surface area contributed by atoms with E-state index >= 15 is 0 Å². The third kappa shape index (κ3) is 4.61. The molecule has 11 heteroatoms. The number of fused-ring (bicyclic) bond motifs is 1. The Morgan fingerprint density at radius 3 is 2.62 bits per heavy atom. The summed E-state index contributed by atoms with van der Waals surface area (Å²) in [5.74, 6) is -0.740. The molecule has 2 amide bonds. The molecule has 1 aromatic heterocycles. The molecule has 0 unspecified atom stereocenters. The van der Waals surface area contributed by atoms with E-state index in [-0.39, 0.29) is 24.7 Å². The number of anilines is 1. The van der Waals surface area contributed by atoms with Gasteiger partial charge in [0.15, 0.2) is 5.69 Å². The predicted molar refractivity (Wildman–Crippen MR) is 134 cm³/mol. The smallest absolute Gasteiger partial charge is 0.272 e. The van der Waals surface area contributed by atoms with Crippen molar-refractivity contribution < 1.29 is 18.0 Å². The molecule has 37 heavy (non-hydrogen) atoms. The molecule has 2 heterocycles. The van der Waals surface area contributed by atoms with Gasteiger partial charge in [-0.25, -0.2) is 8.42 Å². The van der Waals surface area contributed by atoms with E-state index in [2.05, 4.69) is 33.3 Å². The monoisotopic (exact) mass is 516 g/mol. The first-order valence-electron chi connectivity index (χ1n) is 11.8. The van der Waals surface area contributed by atoms with Gasteiger partial charge in [0, 0.05) is 38.3 Å². The topological polar surface area (TPSA) is 137 Å². The molecular weight excluding hydrogens is 492 g/mol. The van der Waals surface area contributed by atoms with Crippen LogP contribution < -0.4 is 10.0 Å². The normalized spacial score (nSPS) is 15.8. The Morgan fingerprint density at radius 1 is 1.22 bits per heavy atom. The number of nitriles is 1. The van der Waals surface area contributed by atoms with Crippen molar-refractivity contribution in [2.45, 2.75) is 30.6 Å². The van der Waals surface area contributed by atoms with Crippen molar-refractivity contribution in [3.63, 3.8) is 0 Å². The molecule has 5 rings (SSSR count). The number of hydrogen-bond donors (Lipinski definition) is 2. The van der Waals surface area contributed by atoms with Gasteiger partial charge in [-0.1, -0.05) is 24.3 Å². The molecule has 0 saturated heterocycles. The summed E-state index contributed by atoms with van der Waals surface area (Å²) in [7, 11) is -2.14. The number of aromatic nitrogens is 2. The molecule has 1 aliphatic carbocycles. The van der Waals surface area contributed by atoms with E-state index in [1.165, 1.54) is 10.7 Å². The fourth-order valence-electron chi connectivity index (χ4n) is 4.54. The summed E-state index contributed by atoms with van der Waals surface area (Å²) in [6.07, 6.45) is 1.30. The number of hydrogen-bond acceptors (Lipinski definition) is 6. The van der Waals surface area contributed by atoms with Crippen LogP contribution in [0.1, 0.15) is 50.5 Å². The molecule has 0 radical (unpaired) electrons. The Hall–Kier alpha value is -4.35. The van der Waals surface area contributed by atoms with Crippen LogP contribution >= 0.6 is 0 Å². The largest absolute Gasteiger partial charge is 0.347 e. The van der Waals surface area contributed by atoms with Crippen LogP contribution in [0, 0.1) is 23.5 Å². The summed E-state index contributed by atoms with van der Waals surface area (Å²) in [6.45, 7) is 0.605. The lowest BCUT2D eigenvalue weighted by Crippen LogP contribution is -2.47. The van der Waals surface area contributed by atoms with E-state index in [4.69, 9.17) is 5.26 Å². The summed E-state index contributed by atoms with van der Waals surface area (Å²) in [6, 6.07) is 19.1. The molecule has 188 valence electrons. The minimum absolute atomic E-state index is 0.0642. The van der Waals surface area contributed by atoms with Crippen LogP contribution in [-0.4, -0.2) is 52.7 Å². The van der Waals surface area contributed by atoms with Crippen molar-refractivity contribution in [2.75, 3.05) is 17.8 Å². The summed E-state index contributed by atoms with van der Waals surface area (Å²) in [5.41, 5.74) is 2.81. The van der Waals surface area contributed by atoms with Crippen LogP contribution in [0.15, 0.2) is 42.5 Å². The van der Waals surface area contributed by atoms with E-state index in [1.54, 1.807) is 48.3 Å². The highest BCUT2D eigenvalue weighted by molar-refractivity contribution is 7.94. The number of amides is 2. The number of nitrogens with zero attached hydrogens (tertiary/aromatic N) is 4. The van der Waals surface area contributed by atoms with Gasteiger partial charge in [0.1, 0.15) is 10.4 Å². The Morgan fingerprint density at radius 2 is 1.97 bits per heavy atom. The summed E-state index contributed by atoms with van der Waals surface area (Å²) in [4.78, 5) is 27.8. The Bertz CT molecular complexity index is 1500. The van der Waals surface area contributed by atoms with Crippen LogP contribution in [0.25, 0.3) is 0 Å². The Kier molecular flexibility index (Phi) is 6.10. The first kappa shape index (κ1) is 24.3. The lowest BCUT2D eigenvalue weighted by molar-refractivity contribution is 0.0724. The quantitative estimate of drug-likeness (QED) is 0.468. The zero-order valence-corrected chi connectivity index (χ0v) is 20.9. The van der Waals surface area contributed by atoms with Crippen LogP contribution in [-0.2, 0) is 30.0 Å². The molecule has 2 N–H and O–H groups in total. The number of aryl methyl sites for hydroxylation is 1. The van der Waals surface area contributed by atoms with E-state index in [0.717, 1.165) is 5.56 Å². The maximum Gasteiger partial charge on any atom is 0.272 e. The van der Waals surface area contributed by atoms with Crippen molar-refractivity contribution in [1.29, 1.82) is 5.26 Å². The molecule has 0 atom stereocenters. The maximum absolute atomic E-state index is 13.4. The number of sulfonamides is 1. The van der Waals surface area contributed by atoms with Crippen molar-refractivity contribution in [3.8, 4) is 6.07 Å². The second-order valence-electron chi connectivity index (χ2n) is 9.28. The van der Waals surface area contributed by atoms with Gasteiger partial charge in [-0.3, -0.25) is 19.0 Å². The highest BCUT2D eigenvalue weighted by atomic mass is 32.2. The highest BCUT2D eigenvalue weighted by Gasteiger charge is 2.56. The number of carbonyl (C=O) groups excluding carboxylic acids is 2. The van der Waals surface area contributed by atoms with E-state index in [0.29, 0.717) is 48.3 Å². The minimum Gasteiger partial charge on any atom is -0.347 e. The van der Waals surface area contributed by atoms with Gasteiger partial charge in [-0.2, -0.15) is 10.4 Å². The van der Waals surface area contributed by atoms with Crippen molar-refractivity contribution >= 4 is 27.5 Å². The second kappa shape index (κ2) is 9.26. The molecule has 3 aromatic rings. The van der Waals surface area contributed by atoms with Gasteiger partial charge in [0.25, 0.3) is 11.8 Å². The first-order valence-corrected chi connectivity index (χ1v) is 13.2.